The van der Waals surface area contributed by atoms with E-state index < -0.39 is 0 Å². The van der Waals surface area contributed by atoms with Crippen LogP contribution < -0.4 is 0 Å². The zero-order valence-electron chi connectivity index (χ0n) is 37.9. The SMILES string of the molecule is CCCCCCCCCCCCCCCCCCOC1CC(C)(C)N(OCC(C)(C)OCCCCCCCCCCCCCCCCCC)C(C)(C)C1. The number of hydrogen-bond donors (Lipinski definition) is 0. The maximum atomic E-state index is 6.60. The highest BCUT2D eigenvalue weighted by Crippen LogP contribution is 2.40. The zero-order chi connectivity index (χ0) is 38.9. The summed E-state index contributed by atoms with van der Waals surface area (Å²) in [6, 6.07) is 0. The third kappa shape index (κ3) is 28.8. The van der Waals surface area contributed by atoms with Gasteiger partial charge in [-0.25, -0.2) is 0 Å². The van der Waals surface area contributed by atoms with Crippen molar-refractivity contribution in [1.82, 2.24) is 5.06 Å². The van der Waals surface area contributed by atoms with Crippen molar-refractivity contribution in [3.63, 3.8) is 0 Å². The van der Waals surface area contributed by atoms with Crippen LogP contribution in [0.2, 0.25) is 0 Å². The summed E-state index contributed by atoms with van der Waals surface area (Å²) in [7, 11) is 0. The number of nitrogens with zero attached hydrogens (tertiary/aromatic N) is 1. The highest BCUT2D eigenvalue weighted by Gasteiger charge is 2.47. The van der Waals surface area contributed by atoms with E-state index in [-0.39, 0.29) is 16.7 Å². The van der Waals surface area contributed by atoms with Crippen molar-refractivity contribution >= 4 is 0 Å². The summed E-state index contributed by atoms with van der Waals surface area (Å²) in [5.74, 6) is 0. The first kappa shape index (κ1) is 50.9. The number of hydrogen-bond acceptors (Lipinski definition) is 4. The van der Waals surface area contributed by atoms with Gasteiger partial charge in [0.05, 0.1) is 18.3 Å². The molecule has 0 aromatic heterocycles. The van der Waals surface area contributed by atoms with Gasteiger partial charge in [0.2, 0.25) is 0 Å². The van der Waals surface area contributed by atoms with Crippen molar-refractivity contribution in [2.45, 2.75) is 296 Å². The number of rotatable bonds is 39. The van der Waals surface area contributed by atoms with Gasteiger partial charge in [0.15, 0.2) is 0 Å². The van der Waals surface area contributed by atoms with E-state index in [9.17, 15) is 0 Å². The summed E-state index contributed by atoms with van der Waals surface area (Å²) >= 11 is 0. The Kier molecular flexibility index (Phi) is 31.5. The molecule has 1 heterocycles. The number of unbranched alkanes of at least 4 members (excludes halogenated alkanes) is 30. The molecule has 1 aliphatic rings. The normalized spacial score (nSPS) is 16.5. The van der Waals surface area contributed by atoms with E-state index in [0.29, 0.717) is 12.7 Å². The smallest absolute Gasteiger partial charge is 0.0970 e. The molecule has 0 N–H and O–H groups in total. The van der Waals surface area contributed by atoms with Crippen molar-refractivity contribution in [3.05, 3.63) is 0 Å². The molecule has 4 nitrogen and oxygen atoms in total. The summed E-state index contributed by atoms with van der Waals surface area (Å²) in [6.45, 7) is 20.6. The fourth-order valence-corrected chi connectivity index (χ4v) is 8.80. The maximum absolute atomic E-state index is 6.60. The molecule has 1 saturated heterocycles. The molecule has 0 aromatic rings. The second kappa shape index (κ2) is 32.9. The molecule has 53 heavy (non-hydrogen) atoms. The van der Waals surface area contributed by atoms with Crippen LogP contribution in [0, 0.1) is 0 Å². The Hall–Kier alpha value is -0.160. The monoisotopic (exact) mass is 750 g/mol. The van der Waals surface area contributed by atoms with Crippen molar-refractivity contribution in [1.29, 1.82) is 0 Å². The molecule has 1 rings (SSSR count). The van der Waals surface area contributed by atoms with Gasteiger partial charge in [-0.1, -0.05) is 206 Å². The van der Waals surface area contributed by atoms with Crippen LogP contribution in [-0.4, -0.2) is 47.7 Å². The van der Waals surface area contributed by atoms with Crippen molar-refractivity contribution in [3.8, 4) is 0 Å². The Bertz CT molecular complexity index is 762. The number of ether oxygens (including phenoxy) is 2. The van der Waals surface area contributed by atoms with E-state index in [4.69, 9.17) is 14.3 Å². The van der Waals surface area contributed by atoms with Gasteiger partial charge in [0.25, 0.3) is 0 Å². The first-order valence-corrected chi connectivity index (χ1v) is 24.2. The molecule has 0 saturated carbocycles. The second-order valence-electron chi connectivity index (χ2n) is 19.3. The molecule has 0 spiro atoms. The summed E-state index contributed by atoms with van der Waals surface area (Å²) in [5.41, 5.74) is -0.446. The predicted octanol–water partition coefficient (Wildman–Crippen LogP) is 16.3. The third-order valence-corrected chi connectivity index (χ3v) is 11.9. The Labute approximate surface area is 334 Å². The Morgan fingerprint density at radius 1 is 0.434 bits per heavy atom. The van der Waals surface area contributed by atoms with Crippen LogP contribution in [0.5, 0.6) is 0 Å². The summed E-state index contributed by atoms with van der Waals surface area (Å²) in [6.07, 6.45) is 47.2. The number of hydroxylamine groups is 2. The van der Waals surface area contributed by atoms with Crippen LogP contribution in [-0.2, 0) is 14.3 Å². The maximum Gasteiger partial charge on any atom is 0.0970 e. The van der Waals surface area contributed by atoms with Crippen LogP contribution in [0.1, 0.15) is 274 Å². The topological polar surface area (TPSA) is 30.9 Å². The second-order valence-corrected chi connectivity index (χ2v) is 19.3. The average molecular weight is 750 g/mol. The lowest BCUT2D eigenvalue weighted by molar-refractivity contribution is -0.311. The summed E-state index contributed by atoms with van der Waals surface area (Å²) < 4.78 is 12.9. The predicted molar refractivity (Wildman–Crippen MR) is 234 cm³/mol. The van der Waals surface area contributed by atoms with E-state index in [1.54, 1.807) is 0 Å². The van der Waals surface area contributed by atoms with Gasteiger partial charge in [0.1, 0.15) is 0 Å². The standard InChI is InChI=1S/C49H99NO3/c1-9-11-13-15-17-19-21-23-25-27-29-31-33-35-37-39-41-51-46-43-47(3,4)50(48(5,6)44-46)53-45-49(7,8)52-42-40-38-36-34-32-30-28-26-24-22-20-18-16-14-12-10-2/h46H,9-45H2,1-8H3. The van der Waals surface area contributed by atoms with Gasteiger partial charge in [-0.05, 0) is 67.2 Å². The van der Waals surface area contributed by atoms with Crippen molar-refractivity contribution in [2.75, 3.05) is 19.8 Å². The molecule has 0 atom stereocenters. The molecule has 318 valence electrons. The Morgan fingerprint density at radius 3 is 1.04 bits per heavy atom. The first-order chi connectivity index (χ1) is 25.5. The van der Waals surface area contributed by atoms with E-state index >= 15 is 0 Å². The molecule has 0 radical (unpaired) electrons. The lowest BCUT2D eigenvalue weighted by Crippen LogP contribution is -2.62. The van der Waals surface area contributed by atoms with Crippen molar-refractivity contribution in [2.24, 2.45) is 0 Å². The zero-order valence-corrected chi connectivity index (χ0v) is 37.9. The Balaban J connectivity index is 2.06. The van der Waals surface area contributed by atoms with Crippen LogP contribution >= 0.6 is 0 Å². The van der Waals surface area contributed by atoms with E-state index in [0.717, 1.165) is 32.5 Å². The average Bonchev–Trinajstić information content (AvgIpc) is 3.10. The summed E-state index contributed by atoms with van der Waals surface area (Å²) in [5, 5.41) is 2.27. The largest absolute Gasteiger partial charge is 0.378 e. The van der Waals surface area contributed by atoms with Gasteiger partial charge >= 0.3 is 0 Å². The Morgan fingerprint density at radius 2 is 0.717 bits per heavy atom. The highest BCUT2D eigenvalue weighted by atomic mass is 16.7. The van der Waals surface area contributed by atoms with Gasteiger partial charge in [0, 0.05) is 24.3 Å². The van der Waals surface area contributed by atoms with Gasteiger partial charge in [-0.2, -0.15) is 5.06 Å². The fraction of sp³-hybridized carbons (Fsp3) is 1.00. The molecule has 1 aliphatic heterocycles. The van der Waals surface area contributed by atoms with Gasteiger partial charge in [-0.3, -0.25) is 4.84 Å². The first-order valence-electron chi connectivity index (χ1n) is 24.2. The molecular weight excluding hydrogens is 651 g/mol. The summed E-state index contributed by atoms with van der Waals surface area (Å²) in [4.78, 5) is 6.60. The van der Waals surface area contributed by atoms with Crippen molar-refractivity contribution < 1.29 is 14.3 Å². The minimum absolute atomic E-state index is 0.0784. The lowest BCUT2D eigenvalue weighted by Gasteiger charge is -2.54. The van der Waals surface area contributed by atoms with Crippen LogP contribution in [0.25, 0.3) is 0 Å². The molecule has 0 amide bonds. The molecule has 0 unspecified atom stereocenters. The van der Waals surface area contributed by atoms with Crippen LogP contribution in [0.4, 0.5) is 0 Å². The number of piperidine rings is 1. The van der Waals surface area contributed by atoms with E-state index in [2.05, 4.69) is 60.5 Å². The van der Waals surface area contributed by atoms with E-state index in [1.807, 2.05) is 0 Å². The fourth-order valence-electron chi connectivity index (χ4n) is 8.80. The molecule has 4 heteroatoms. The quantitative estimate of drug-likeness (QED) is 0.0586. The van der Waals surface area contributed by atoms with Gasteiger partial charge in [-0.15, -0.1) is 0 Å². The molecular formula is C49H99NO3. The molecule has 1 fully saturated rings. The van der Waals surface area contributed by atoms with Gasteiger partial charge < -0.3 is 9.47 Å². The van der Waals surface area contributed by atoms with E-state index in [1.165, 1.54) is 199 Å². The molecule has 0 aliphatic carbocycles. The van der Waals surface area contributed by atoms with Crippen LogP contribution in [0.15, 0.2) is 0 Å². The highest BCUT2D eigenvalue weighted by molar-refractivity contribution is 4.97. The minimum Gasteiger partial charge on any atom is -0.378 e. The molecule has 0 aromatic carbocycles. The minimum atomic E-state index is -0.289. The molecule has 0 bridgehead atoms. The lowest BCUT2D eigenvalue weighted by atomic mass is 9.80. The third-order valence-electron chi connectivity index (χ3n) is 11.9. The van der Waals surface area contributed by atoms with Crippen LogP contribution in [0.3, 0.4) is 0 Å².